The average Bonchev–Trinajstić information content (AvgIpc) is 2.68. The summed E-state index contributed by atoms with van der Waals surface area (Å²) in [5.74, 6) is 1.19. The smallest absolute Gasteiger partial charge is 0.333 e. The van der Waals surface area contributed by atoms with Crippen LogP contribution in [0.2, 0.25) is 0 Å². The van der Waals surface area contributed by atoms with E-state index in [1.54, 1.807) is 21.1 Å². The first-order chi connectivity index (χ1) is 12.6. The molecule has 26 heavy (non-hydrogen) atoms. The number of hydrogen-bond acceptors (Lipinski definition) is 5. The predicted octanol–water partition coefficient (Wildman–Crippen LogP) is 4.37. The minimum absolute atomic E-state index is 0.133. The van der Waals surface area contributed by atoms with Gasteiger partial charge in [0.05, 0.1) is 26.9 Å². The lowest BCUT2D eigenvalue weighted by atomic mass is 9.99. The molecule has 0 spiro atoms. The third-order valence-corrected chi connectivity index (χ3v) is 3.96. The van der Waals surface area contributed by atoms with E-state index in [0.717, 1.165) is 22.7 Å². The Morgan fingerprint density at radius 3 is 2.04 bits per heavy atom. The fourth-order valence-corrected chi connectivity index (χ4v) is 2.54. The summed E-state index contributed by atoms with van der Waals surface area (Å²) in [6.07, 6.45) is 0.428. The summed E-state index contributed by atoms with van der Waals surface area (Å²) in [5.41, 5.74) is 2.36. The third kappa shape index (κ3) is 5.28. The number of esters is 1. The van der Waals surface area contributed by atoms with Gasteiger partial charge in [-0.05, 0) is 48.9 Å². The number of ether oxygens (including phenoxy) is 3. The molecule has 2 aromatic rings. The molecule has 138 valence electrons. The van der Waals surface area contributed by atoms with Gasteiger partial charge in [0.25, 0.3) is 0 Å². The molecule has 2 aromatic carbocycles. The standard InChI is InChI=1S/C21H25NO4/c1-5-26-21(23)15(2)14-20(16-6-10-18(24-3)11-7-16)22-17-8-12-19(25-4)13-9-17/h6-13,20,22H,2,5,14H2,1,3-4H3. The van der Waals surface area contributed by atoms with Crippen molar-refractivity contribution in [3.05, 3.63) is 66.2 Å². The van der Waals surface area contributed by atoms with E-state index in [1.807, 2.05) is 48.5 Å². The highest BCUT2D eigenvalue weighted by molar-refractivity contribution is 5.87. The van der Waals surface area contributed by atoms with Crippen LogP contribution in [0.25, 0.3) is 0 Å². The van der Waals surface area contributed by atoms with E-state index in [-0.39, 0.29) is 12.0 Å². The maximum atomic E-state index is 12.0. The predicted molar refractivity (Wildman–Crippen MR) is 103 cm³/mol. The highest BCUT2D eigenvalue weighted by Gasteiger charge is 2.18. The Labute approximate surface area is 154 Å². The fraction of sp³-hybridized carbons (Fsp3) is 0.286. The van der Waals surface area contributed by atoms with Crippen LogP contribution in [0.1, 0.15) is 24.9 Å². The number of carbonyl (C=O) groups is 1. The Balaban J connectivity index is 2.21. The van der Waals surface area contributed by atoms with Crippen molar-refractivity contribution in [3.8, 4) is 11.5 Å². The molecular weight excluding hydrogens is 330 g/mol. The van der Waals surface area contributed by atoms with Gasteiger partial charge in [-0.1, -0.05) is 18.7 Å². The molecule has 0 fully saturated rings. The molecule has 0 amide bonds. The van der Waals surface area contributed by atoms with Crippen molar-refractivity contribution >= 4 is 11.7 Å². The first kappa shape index (κ1) is 19.4. The van der Waals surface area contributed by atoms with Crippen LogP contribution in [0.3, 0.4) is 0 Å². The molecule has 0 aliphatic heterocycles. The van der Waals surface area contributed by atoms with Crippen LogP contribution >= 0.6 is 0 Å². The van der Waals surface area contributed by atoms with Crippen molar-refractivity contribution in [2.24, 2.45) is 0 Å². The van der Waals surface area contributed by atoms with Gasteiger partial charge in [0, 0.05) is 17.7 Å². The number of benzene rings is 2. The largest absolute Gasteiger partial charge is 0.497 e. The first-order valence-corrected chi connectivity index (χ1v) is 8.46. The Bertz CT molecular complexity index is 723. The molecule has 0 aliphatic rings. The van der Waals surface area contributed by atoms with Crippen LogP contribution in [0.15, 0.2) is 60.7 Å². The van der Waals surface area contributed by atoms with Crippen molar-refractivity contribution < 1.29 is 19.0 Å². The highest BCUT2D eigenvalue weighted by atomic mass is 16.5. The Morgan fingerprint density at radius 1 is 1.00 bits per heavy atom. The van der Waals surface area contributed by atoms with E-state index in [2.05, 4.69) is 11.9 Å². The zero-order chi connectivity index (χ0) is 18.9. The summed E-state index contributed by atoms with van der Waals surface area (Å²) in [6.45, 7) is 5.99. The van der Waals surface area contributed by atoms with E-state index in [0.29, 0.717) is 18.6 Å². The van der Waals surface area contributed by atoms with Gasteiger partial charge in [0.1, 0.15) is 11.5 Å². The van der Waals surface area contributed by atoms with Gasteiger partial charge in [0.2, 0.25) is 0 Å². The van der Waals surface area contributed by atoms with Gasteiger partial charge in [-0.25, -0.2) is 4.79 Å². The number of carbonyl (C=O) groups excluding carboxylic acids is 1. The second kappa shape index (κ2) is 9.51. The van der Waals surface area contributed by atoms with Gasteiger partial charge in [0.15, 0.2) is 0 Å². The van der Waals surface area contributed by atoms with Gasteiger partial charge in [-0.15, -0.1) is 0 Å². The van der Waals surface area contributed by atoms with E-state index >= 15 is 0 Å². The zero-order valence-corrected chi connectivity index (χ0v) is 15.5. The lowest BCUT2D eigenvalue weighted by Gasteiger charge is -2.21. The number of rotatable bonds is 9. The second-order valence-electron chi connectivity index (χ2n) is 5.73. The van der Waals surface area contributed by atoms with Crippen molar-refractivity contribution in [3.63, 3.8) is 0 Å². The van der Waals surface area contributed by atoms with Crippen LogP contribution in [-0.2, 0) is 9.53 Å². The lowest BCUT2D eigenvalue weighted by molar-refractivity contribution is -0.138. The average molecular weight is 355 g/mol. The minimum Gasteiger partial charge on any atom is -0.497 e. The Hall–Kier alpha value is -2.95. The van der Waals surface area contributed by atoms with E-state index in [1.165, 1.54) is 0 Å². The van der Waals surface area contributed by atoms with Gasteiger partial charge in [-0.2, -0.15) is 0 Å². The van der Waals surface area contributed by atoms with Crippen LogP contribution in [0.5, 0.6) is 11.5 Å². The van der Waals surface area contributed by atoms with Gasteiger partial charge in [-0.3, -0.25) is 0 Å². The van der Waals surface area contributed by atoms with Crippen molar-refractivity contribution in [1.29, 1.82) is 0 Å². The number of hydrogen-bond donors (Lipinski definition) is 1. The second-order valence-corrected chi connectivity index (χ2v) is 5.73. The first-order valence-electron chi connectivity index (χ1n) is 8.46. The number of anilines is 1. The number of nitrogens with one attached hydrogen (secondary N) is 1. The summed E-state index contributed by atoms with van der Waals surface area (Å²) in [7, 11) is 3.26. The number of methoxy groups -OCH3 is 2. The molecular formula is C21H25NO4. The molecule has 0 aliphatic carbocycles. The maximum absolute atomic E-state index is 12.0. The molecule has 0 heterocycles. The molecule has 0 bridgehead atoms. The Morgan fingerprint density at radius 2 is 1.54 bits per heavy atom. The molecule has 5 heteroatoms. The van der Waals surface area contributed by atoms with Crippen molar-refractivity contribution in [2.75, 3.05) is 26.1 Å². The molecule has 1 unspecified atom stereocenters. The van der Waals surface area contributed by atoms with Crippen LogP contribution < -0.4 is 14.8 Å². The SMILES string of the molecule is C=C(CC(Nc1ccc(OC)cc1)c1ccc(OC)cc1)C(=O)OCC. The quantitative estimate of drug-likeness (QED) is 0.535. The summed E-state index contributed by atoms with van der Waals surface area (Å²) in [5, 5.41) is 3.45. The molecule has 0 radical (unpaired) electrons. The van der Waals surface area contributed by atoms with Crippen molar-refractivity contribution in [2.45, 2.75) is 19.4 Å². The van der Waals surface area contributed by atoms with E-state index in [9.17, 15) is 4.79 Å². The summed E-state index contributed by atoms with van der Waals surface area (Å²) < 4.78 is 15.5. The molecule has 1 atom stereocenters. The zero-order valence-electron chi connectivity index (χ0n) is 15.5. The normalized spacial score (nSPS) is 11.3. The molecule has 2 rings (SSSR count). The van der Waals surface area contributed by atoms with E-state index in [4.69, 9.17) is 14.2 Å². The van der Waals surface area contributed by atoms with Gasteiger partial charge >= 0.3 is 5.97 Å². The summed E-state index contributed by atoms with van der Waals surface area (Å²) in [4.78, 5) is 12.0. The van der Waals surface area contributed by atoms with E-state index < -0.39 is 0 Å². The third-order valence-electron chi connectivity index (χ3n) is 3.96. The van der Waals surface area contributed by atoms with Crippen LogP contribution in [-0.4, -0.2) is 26.8 Å². The van der Waals surface area contributed by atoms with Crippen molar-refractivity contribution in [1.82, 2.24) is 0 Å². The molecule has 0 saturated carbocycles. The molecule has 0 aromatic heterocycles. The maximum Gasteiger partial charge on any atom is 0.333 e. The summed E-state index contributed by atoms with van der Waals surface area (Å²) in [6, 6.07) is 15.2. The molecule has 5 nitrogen and oxygen atoms in total. The molecule has 1 N–H and O–H groups in total. The van der Waals surface area contributed by atoms with Crippen LogP contribution in [0, 0.1) is 0 Å². The highest BCUT2D eigenvalue weighted by Crippen LogP contribution is 2.28. The lowest BCUT2D eigenvalue weighted by Crippen LogP contribution is -2.16. The fourth-order valence-electron chi connectivity index (χ4n) is 2.54. The van der Waals surface area contributed by atoms with Crippen LogP contribution in [0.4, 0.5) is 5.69 Å². The van der Waals surface area contributed by atoms with Gasteiger partial charge < -0.3 is 19.5 Å². The topological polar surface area (TPSA) is 56.8 Å². The minimum atomic E-state index is -0.373. The monoisotopic (exact) mass is 355 g/mol. The Kier molecular flexibility index (Phi) is 7.09. The summed E-state index contributed by atoms with van der Waals surface area (Å²) >= 11 is 0. The molecule has 0 saturated heterocycles.